The standard InChI is InChI=1S/C27H26N2O4/c1-20-24(27(30)29(28-20)22-10-5-3-6-11-22)18-21-14-15-25(26(19-21)31-2)33-17-9-16-32-23-12-7-4-8-13-23/h3-8,10-15,18-19H,9,16-17H2,1-2H3/b24-18+. The van der Waals surface area contributed by atoms with Crippen LogP contribution in [0.25, 0.3) is 6.08 Å². The zero-order chi connectivity index (χ0) is 23.0. The number of hydrazone groups is 1. The average molecular weight is 443 g/mol. The number of anilines is 1. The van der Waals surface area contributed by atoms with E-state index in [1.807, 2.05) is 91.9 Å². The number of benzene rings is 3. The zero-order valence-electron chi connectivity index (χ0n) is 18.7. The van der Waals surface area contributed by atoms with Gasteiger partial charge in [0.1, 0.15) is 5.75 Å². The maximum atomic E-state index is 12.9. The van der Waals surface area contributed by atoms with E-state index in [-0.39, 0.29) is 5.91 Å². The molecule has 0 aliphatic carbocycles. The molecule has 0 saturated carbocycles. The molecule has 6 heteroatoms. The monoisotopic (exact) mass is 442 g/mol. The second kappa shape index (κ2) is 10.5. The Bertz CT molecular complexity index is 1160. The Kier molecular flexibility index (Phi) is 7.05. The molecule has 0 fully saturated rings. The number of rotatable bonds is 9. The summed E-state index contributed by atoms with van der Waals surface area (Å²) in [5.74, 6) is 1.94. The van der Waals surface area contributed by atoms with Gasteiger partial charge in [-0.2, -0.15) is 10.1 Å². The number of nitrogens with zero attached hydrogens (tertiary/aromatic N) is 2. The number of carbonyl (C=O) groups excluding carboxylic acids is 1. The predicted molar refractivity (Wildman–Crippen MR) is 130 cm³/mol. The van der Waals surface area contributed by atoms with Gasteiger partial charge in [-0.25, -0.2) is 0 Å². The first-order valence-electron chi connectivity index (χ1n) is 10.8. The van der Waals surface area contributed by atoms with Crippen molar-refractivity contribution in [2.24, 2.45) is 5.10 Å². The Balaban J connectivity index is 1.39. The minimum Gasteiger partial charge on any atom is -0.493 e. The summed E-state index contributed by atoms with van der Waals surface area (Å²) in [7, 11) is 1.60. The number of carbonyl (C=O) groups is 1. The van der Waals surface area contributed by atoms with Gasteiger partial charge in [-0.15, -0.1) is 0 Å². The molecule has 168 valence electrons. The van der Waals surface area contributed by atoms with Crippen LogP contribution in [0.5, 0.6) is 17.2 Å². The highest BCUT2D eigenvalue weighted by molar-refractivity contribution is 6.32. The third-order valence-corrected chi connectivity index (χ3v) is 5.12. The number of ether oxygens (including phenoxy) is 3. The van der Waals surface area contributed by atoms with Gasteiger partial charge in [0.15, 0.2) is 11.5 Å². The molecule has 0 spiro atoms. The van der Waals surface area contributed by atoms with Crippen LogP contribution in [-0.2, 0) is 4.79 Å². The van der Waals surface area contributed by atoms with Gasteiger partial charge in [-0.3, -0.25) is 4.79 Å². The van der Waals surface area contributed by atoms with Crippen LogP contribution in [0.3, 0.4) is 0 Å². The molecule has 1 amide bonds. The fourth-order valence-electron chi connectivity index (χ4n) is 3.44. The van der Waals surface area contributed by atoms with Crippen molar-refractivity contribution in [2.75, 3.05) is 25.3 Å². The second-order valence-corrected chi connectivity index (χ2v) is 7.47. The zero-order valence-corrected chi connectivity index (χ0v) is 18.7. The molecule has 33 heavy (non-hydrogen) atoms. The van der Waals surface area contributed by atoms with Gasteiger partial charge in [-0.1, -0.05) is 42.5 Å². The molecule has 6 nitrogen and oxygen atoms in total. The van der Waals surface area contributed by atoms with E-state index in [1.54, 1.807) is 7.11 Å². The summed E-state index contributed by atoms with van der Waals surface area (Å²) in [4.78, 5) is 12.9. The van der Waals surface area contributed by atoms with Crippen LogP contribution in [0.15, 0.2) is 89.5 Å². The molecule has 1 aliphatic heterocycles. The van der Waals surface area contributed by atoms with Crippen LogP contribution in [0.1, 0.15) is 18.9 Å². The van der Waals surface area contributed by atoms with Crippen molar-refractivity contribution in [2.45, 2.75) is 13.3 Å². The molecule has 0 N–H and O–H groups in total. The van der Waals surface area contributed by atoms with Gasteiger partial charge in [0.05, 0.1) is 37.3 Å². The largest absolute Gasteiger partial charge is 0.493 e. The molecular weight excluding hydrogens is 416 g/mol. The van der Waals surface area contributed by atoms with Crippen molar-refractivity contribution in [3.8, 4) is 17.2 Å². The van der Waals surface area contributed by atoms with Crippen molar-refractivity contribution in [1.82, 2.24) is 0 Å². The van der Waals surface area contributed by atoms with Crippen LogP contribution in [0.4, 0.5) is 5.69 Å². The first kappa shape index (κ1) is 22.1. The van der Waals surface area contributed by atoms with Crippen LogP contribution in [-0.4, -0.2) is 31.9 Å². The summed E-state index contributed by atoms with van der Waals surface area (Å²) in [6.07, 6.45) is 2.56. The number of hydrogen-bond acceptors (Lipinski definition) is 5. The van der Waals surface area contributed by atoms with Gasteiger partial charge >= 0.3 is 0 Å². The van der Waals surface area contributed by atoms with Crippen molar-refractivity contribution >= 4 is 23.4 Å². The second-order valence-electron chi connectivity index (χ2n) is 7.47. The minimum atomic E-state index is -0.156. The molecule has 0 bridgehead atoms. The molecule has 3 aromatic rings. The van der Waals surface area contributed by atoms with Crippen molar-refractivity contribution in [3.05, 3.63) is 90.0 Å². The van der Waals surface area contributed by atoms with Crippen molar-refractivity contribution < 1.29 is 19.0 Å². The van der Waals surface area contributed by atoms with Gasteiger partial charge < -0.3 is 14.2 Å². The van der Waals surface area contributed by atoms with Crippen LogP contribution >= 0.6 is 0 Å². The lowest BCUT2D eigenvalue weighted by Crippen LogP contribution is -2.21. The topological polar surface area (TPSA) is 60.4 Å². The lowest BCUT2D eigenvalue weighted by atomic mass is 10.1. The van der Waals surface area contributed by atoms with E-state index in [1.165, 1.54) is 5.01 Å². The minimum absolute atomic E-state index is 0.156. The van der Waals surface area contributed by atoms with Crippen molar-refractivity contribution in [3.63, 3.8) is 0 Å². The lowest BCUT2D eigenvalue weighted by molar-refractivity contribution is -0.114. The molecule has 4 rings (SSSR count). The normalized spacial score (nSPS) is 14.4. The summed E-state index contributed by atoms with van der Waals surface area (Å²) < 4.78 is 17.1. The third kappa shape index (κ3) is 5.41. The summed E-state index contributed by atoms with van der Waals surface area (Å²) >= 11 is 0. The first-order valence-corrected chi connectivity index (χ1v) is 10.8. The fourth-order valence-corrected chi connectivity index (χ4v) is 3.44. The Labute approximate surface area is 193 Å². The average Bonchev–Trinajstić information content (AvgIpc) is 3.14. The molecule has 1 heterocycles. The quantitative estimate of drug-likeness (QED) is 0.331. The molecule has 0 unspecified atom stereocenters. The van der Waals surface area contributed by atoms with Crippen molar-refractivity contribution in [1.29, 1.82) is 0 Å². The number of para-hydroxylation sites is 2. The molecular formula is C27H26N2O4. The van der Waals surface area contributed by atoms with E-state index >= 15 is 0 Å². The van der Waals surface area contributed by atoms with Crippen LogP contribution in [0, 0.1) is 0 Å². The number of hydrogen-bond donors (Lipinski definition) is 0. The van der Waals surface area contributed by atoms with Crippen LogP contribution in [0.2, 0.25) is 0 Å². The van der Waals surface area contributed by atoms with Gasteiger partial charge in [0.2, 0.25) is 0 Å². The summed E-state index contributed by atoms with van der Waals surface area (Å²) in [6, 6.07) is 24.7. The maximum Gasteiger partial charge on any atom is 0.280 e. The molecule has 1 aliphatic rings. The summed E-state index contributed by atoms with van der Waals surface area (Å²) in [5.41, 5.74) is 2.79. The van der Waals surface area contributed by atoms with Crippen LogP contribution < -0.4 is 19.2 Å². The first-order chi connectivity index (χ1) is 16.2. The van der Waals surface area contributed by atoms with E-state index < -0.39 is 0 Å². The molecule has 0 radical (unpaired) electrons. The highest BCUT2D eigenvalue weighted by atomic mass is 16.5. The molecule has 0 atom stereocenters. The highest BCUT2D eigenvalue weighted by Gasteiger charge is 2.28. The Morgan fingerprint density at radius 3 is 2.30 bits per heavy atom. The summed E-state index contributed by atoms with van der Waals surface area (Å²) in [6.45, 7) is 2.90. The third-order valence-electron chi connectivity index (χ3n) is 5.12. The van der Waals surface area contributed by atoms with Gasteiger partial charge in [0.25, 0.3) is 5.91 Å². The van der Waals surface area contributed by atoms with E-state index in [2.05, 4.69) is 5.10 Å². The fraction of sp³-hybridized carbons (Fsp3) is 0.185. The van der Waals surface area contributed by atoms with E-state index in [0.29, 0.717) is 36.0 Å². The molecule has 0 saturated heterocycles. The number of amides is 1. The Morgan fingerprint density at radius 1 is 0.879 bits per heavy atom. The predicted octanol–water partition coefficient (Wildman–Crippen LogP) is 5.35. The molecule has 0 aromatic heterocycles. The Hall–Kier alpha value is -4.06. The van der Waals surface area contributed by atoms with Gasteiger partial charge in [0, 0.05) is 6.42 Å². The maximum absolute atomic E-state index is 12.9. The highest BCUT2D eigenvalue weighted by Crippen LogP contribution is 2.30. The van der Waals surface area contributed by atoms with E-state index in [0.717, 1.165) is 23.4 Å². The Morgan fingerprint density at radius 2 is 1.58 bits per heavy atom. The lowest BCUT2D eigenvalue weighted by Gasteiger charge is -2.12. The van der Waals surface area contributed by atoms with E-state index in [4.69, 9.17) is 14.2 Å². The van der Waals surface area contributed by atoms with E-state index in [9.17, 15) is 4.79 Å². The van der Waals surface area contributed by atoms with Gasteiger partial charge in [-0.05, 0) is 55.0 Å². The number of methoxy groups -OCH3 is 1. The molecule has 3 aromatic carbocycles. The summed E-state index contributed by atoms with van der Waals surface area (Å²) in [5, 5.41) is 5.85. The smallest absolute Gasteiger partial charge is 0.280 e. The SMILES string of the molecule is COc1cc(/C=C2/C(=O)N(c3ccccc3)N=C2C)ccc1OCCCOc1ccccc1.